The van der Waals surface area contributed by atoms with Crippen LogP contribution >= 0.6 is 0 Å². The molecule has 33 heavy (non-hydrogen) atoms. The summed E-state index contributed by atoms with van der Waals surface area (Å²) in [4.78, 5) is 25.0. The molecule has 10 heteroatoms. The lowest BCUT2D eigenvalue weighted by atomic mass is 10.1. The van der Waals surface area contributed by atoms with Gasteiger partial charge in [0.2, 0.25) is 15.9 Å². The third kappa shape index (κ3) is 5.77. The zero-order valence-electron chi connectivity index (χ0n) is 19.1. The summed E-state index contributed by atoms with van der Waals surface area (Å²) >= 11 is 0. The van der Waals surface area contributed by atoms with E-state index in [1.807, 2.05) is 32.0 Å². The molecule has 0 saturated heterocycles. The van der Waals surface area contributed by atoms with Crippen molar-refractivity contribution in [2.24, 2.45) is 5.10 Å². The van der Waals surface area contributed by atoms with Crippen LogP contribution in [-0.4, -0.2) is 57.6 Å². The minimum Gasteiger partial charge on any atom is -0.490 e. The Labute approximate surface area is 193 Å². The van der Waals surface area contributed by atoms with Crippen LogP contribution in [-0.2, 0) is 24.3 Å². The van der Waals surface area contributed by atoms with E-state index in [0.717, 1.165) is 15.4 Å². The number of sulfonamides is 1. The topological polar surface area (TPSA) is 106 Å². The summed E-state index contributed by atoms with van der Waals surface area (Å²) in [6.45, 7) is 3.86. The molecular weight excluding hydrogens is 446 g/mol. The molecule has 0 bridgehead atoms. The van der Waals surface area contributed by atoms with E-state index in [2.05, 4.69) is 5.10 Å². The number of hydrazone groups is 1. The van der Waals surface area contributed by atoms with Gasteiger partial charge in [-0.3, -0.25) is 4.79 Å². The van der Waals surface area contributed by atoms with Crippen LogP contribution < -0.4 is 9.75 Å². The van der Waals surface area contributed by atoms with Gasteiger partial charge >= 0.3 is 5.97 Å². The number of hydrogen-bond donors (Lipinski definition) is 0. The molecule has 0 aliphatic carbocycles. The number of benzene rings is 2. The van der Waals surface area contributed by atoms with E-state index in [-0.39, 0.29) is 42.6 Å². The van der Waals surface area contributed by atoms with E-state index in [9.17, 15) is 18.0 Å². The predicted octanol–water partition coefficient (Wildman–Crippen LogP) is 2.66. The predicted molar refractivity (Wildman–Crippen MR) is 124 cm³/mol. The molecule has 1 aliphatic heterocycles. The summed E-state index contributed by atoms with van der Waals surface area (Å²) in [5, 5.41) is 5.51. The van der Waals surface area contributed by atoms with Crippen LogP contribution in [0.5, 0.6) is 5.75 Å². The lowest BCUT2D eigenvalue weighted by Crippen LogP contribution is -2.35. The Bertz CT molecular complexity index is 1170. The monoisotopic (exact) mass is 473 g/mol. The number of ether oxygens (including phenoxy) is 2. The van der Waals surface area contributed by atoms with Crippen molar-refractivity contribution in [2.45, 2.75) is 31.6 Å². The van der Waals surface area contributed by atoms with Gasteiger partial charge in [0.25, 0.3) is 0 Å². The fraction of sp³-hybridized carbons (Fsp3) is 0.348. The SMILES string of the molecule is Cc1ccc(C)c(N2N=C(C(=O)OCCOc3ccc(S(=O)(=O)N(C)C)cc3)CCC2=O)c1. The standard InChI is InChI=1S/C23H27N3O6S/c1-16-5-6-17(2)21(15-16)26-22(27)12-11-20(24-26)23(28)32-14-13-31-18-7-9-19(10-8-18)33(29,30)25(3)4/h5-10,15H,11-14H2,1-4H3. The summed E-state index contributed by atoms with van der Waals surface area (Å²) < 4.78 is 36.1. The Morgan fingerprint density at radius 3 is 2.42 bits per heavy atom. The van der Waals surface area contributed by atoms with Crippen LogP contribution in [0.4, 0.5) is 5.69 Å². The third-order valence-electron chi connectivity index (χ3n) is 5.05. The van der Waals surface area contributed by atoms with E-state index in [4.69, 9.17) is 9.47 Å². The second-order valence-electron chi connectivity index (χ2n) is 7.79. The molecule has 0 saturated carbocycles. The number of amides is 1. The fourth-order valence-corrected chi connectivity index (χ4v) is 4.03. The summed E-state index contributed by atoms with van der Waals surface area (Å²) in [6.07, 6.45) is 0.377. The zero-order chi connectivity index (χ0) is 24.2. The molecule has 0 aromatic heterocycles. The molecule has 2 aromatic rings. The number of nitrogens with zero attached hydrogens (tertiary/aromatic N) is 3. The van der Waals surface area contributed by atoms with Crippen LogP contribution in [0, 0.1) is 13.8 Å². The fourth-order valence-electron chi connectivity index (χ4n) is 3.13. The summed E-state index contributed by atoms with van der Waals surface area (Å²) in [5.41, 5.74) is 2.68. The number of aryl methyl sites for hydroxylation is 2. The Balaban J connectivity index is 1.56. The van der Waals surface area contributed by atoms with E-state index in [0.29, 0.717) is 11.4 Å². The van der Waals surface area contributed by atoms with Gasteiger partial charge in [-0.15, -0.1) is 0 Å². The van der Waals surface area contributed by atoms with Crippen molar-refractivity contribution in [1.29, 1.82) is 0 Å². The summed E-state index contributed by atoms with van der Waals surface area (Å²) in [6, 6.07) is 11.7. The second kappa shape index (κ2) is 10.1. The summed E-state index contributed by atoms with van der Waals surface area (Å²) in [7, 11) is -0.589. The molecule has 3 rings (SSSR count). The highest BCUT2D eigenvalue weighted by Gasteiger charge is 2.27. The Morgan fingerprint density at radius 1 is 1.06 bits per heavy atom. The lowest BCUT2D eigenvalue weighted by Gasteiger charge is -2.24. The van der Waals surface area contributed by atoms with Crippen molar-refractivity contribution in [2.75, 3.05) is 32.3 Å². The molecular formula is C23H27N3O6S. The van der Waals surface area contributed by atoms with Gasteiger partial charge in [-0.05, 0) is 55.3 Å². The molecule has 0 atom stereocenters. The van der Waals surface area contributed by atoms with Crippen molar-refractivity contribution in [1.82, 2.24) is 4.31 Å². The van der Waals surface area contributed by atoms with Gasteiger partial charge in [0.1, 0.15) is 24.7 Å². The van der Waals surface area contributed by atoms with Gasteiger partial charge < -0.3 is 9.47 Å². The first kappa shape index (κ1) is 24.4. The lowest BCUT2D eigenvalue weighted by molar-refractivity contribution is -0.136. The smallest absolute Gasteiger partial charge is 0.354 e. The average Bonchev–Trinajstić information content (AvgIpc) is 2.79. The molecule has 2 aromatic carbocycles. The molecule has 0 radical (unpaired) electrons. The normalized spacial score (nSPS) is 14.3. The van der Waals surface area contributed by atoms with E-state index >= 15 is 0 Å². The van der Waals surface area contributed by atoms with Crippen LogP contribution in [0.25, 0.3) is 0 Å². The van der Waals surface area contributed by atoms with Gasteiger partial charge in [0.15, 0.2) is 0 Å². The van der Waals surface area contributed by atoms with Crippen molar-refractivity contribution in [3.8, 4) is 5.75 Å². The van der Waals surface area contributed by atoms with Crippen molar-refractivity contribution in [3.05, 3.63) is 53.6 Å². The highest BCUT2D eigenvalue weighted by atomic mass is 32.2. The van der Waals surface area contributed by atoms with Gasteiger partial charge in [-0.2, -0.15) is 10.1 Å². The highest BCUT2D eigenvalue weighted by molar-refractivity contribution is 7.89. The number of hydrogen-bond acceptors (Lipinski definition) is 7. The van der Waals surface area contributed by atoms with Crippen LogP contribution in [0.15, 0.2) is 52.5 Å². The van der Waals surface area contributed by atoms with Crippen LogP contribution in [0.3, 0.4) is 0 Å². The molecule has 9 nitrogen and oxygen atoms in total. The third-order valence-corrected chi connectivity index (χ3v) is 6.88. The van der Waals surface area contributed by atoms with Gasteiger partial charge in [0.05, 0.1) is 10.6 Å². The number of anilines is 1. The first-order valence-electron chi connectivity index (χ1n) is 10.4. The molecule has 1 aliphatic rings. The molecule has 0 unspecified atom stereocenters. The average molecular weight is 474 g/mol. The molecule has 0 spiro atoms. The zero-order valence-corrected chi connectivity index (χ0v) is 19.9. The number of esters is 1. The maximum atomic E-state index is 12.4. The Kier molecular flexibility index (Phi) is 7.50. The largest absolute Gasteiger partial charge is 0.490 e. The number of rotatable bonds is 8. The maximum Gasteiger partial charge on any atom is 0.354 e. The number of carbonyl (C=O) groups is 2. The molecule has 1 amide bonds. The van der Waals surface area contributed by atoms with Gasteiger partial charge in [0, 0.05) is 26.9 Å². The van der Waals surface area contributed by atoms with Crippen molar-refractivity contribution in [3.63, 3.8) is 0 Å². The molecule has 1 heterocycles. The highest BCUT2D eigenvalue weighted by Crippen LogP contribution is 2.25. The molecule has 0 N–H and O–H groups in total. The van der Waals surface area contributed by atoms with E-state index in [1.54, 1.807) is 0 Å². The first-order chi connectivity index (χ1) is 15.6. The maximum absolute atomic E-state index is 12.4. The number of carbonyl (C=O) groups excluding carboxylic acids is 2. The molecule has 176 valence electrons. The van der Waals surface area contributed by atoms with Gasteiger partial charge in [-0.25, -0.2) is 17.5 Å². The van der Waals surface area contributed by atoms with E-state index in [1.165, 1.54) is 43.4 Å². The van der Waals surface area contributed by atoms with Crippen LogP contribution in [0.2, 0.25) is 0 Å². The molecule has 0 fully saturated rings. The Morgan fingerprint density at radius 2 is 1.76 bits per heavy atom. The van der Waals surface area contributed by atoms with Crippen LogP contribution in [0.1, 0.15) is 24.0 Å². The first-order valence-corrected chi connectivity index (χ1v) is 11.8. The van der Waals surface area contributed by atoms with Crippen molar-refractivity contribution < 1.29 is 27.5 Å². The quantitative estimate of drug-likeness (QED) is 0.431. The van der Waals surface area contributed by atoms with Crippen molar-refractivity contribution >= 4 is 33.3 Å². The minimum atomic E-state index is -3.51. The second-order valence-corrected chi connectivity index (χ2v) is 9.94. The summed E-state index contributed by atoms with van der Waals surface area (Å²) in [5.74, 6) is -0.331. The van der Waals surface area contributed by atoms with Gasteiger partial charge in [-0.1, -0.05) is 12.1 Å². The Hall–Kier alpha value is -3.24. The minimum absolute atomic E-state index is 0.0208. The van der Waals surface area contributed by atoms with E-state index < -0.39 is 16.0 Å².